The molecule has 0 N–H and O–H groups in total. The van der Waals surface area contributed by atoms with Crippen molar-refractivity contribution in [1.82, 2.24) is 9.55 Å². The summed E-state index contributed by atoms with van der Waals surface area (Å²) in [5, 5.41) is 0.884. The molecule has 1 aromatic carbocycles. The Hall–Kier alpha value is -4.01. The molecule has 1 atom stereocenters. The number of fused-ring (bicyclic) bond motifs is 5. The second-order valence-corrected chi connectivity index (χ2v) is 17.0. The summed E-state index contributed by atoms with van der Waals surface area (Å²) in [5.74, 6) is -0.842. The number of carbonyl (C=O) groups excluding carboxylic acids is 3. The Morgan fingerprint density at radius 3 is 1.78 bits per heavy atom. The zero-order valence-electron chi connectivity index (χ0n) is 36.9. The van der Waals surface area contributed by atoms with Crippen LogP contribution in [0, 0.1) is 0 Å². The Bertz CT molecular complexity index is 1920. The predicted molar refractivity (Wildman–Crippen MR) is 236 cm³/mol. The number of pyridine rings is 2. The molecule has 2 aliphatic rings. The fourth-order valence-electron chi connectivity index (χ4n) is 9.06. The average molecular weight is 813 g/mol. The highest BCUT2D eigenvalue weighted by Crippen LogP contribution is 2.42. The Labute approximate surface area is 353 Å². The van der Waals surface area contributed by atoms with Crippen LogP contribution in [0.4, 0.5) is 0 Å². The van der Waals surface area contributed by atoms with E-state index in [9.17, 15) is 19.2 Å². The van der Waals surface area contributed by atoms with Crippen LogP contribution in [-0.2, 0) is 49.0 Å². The van der Waals surface area contributed by atoms with Crippen molar-refractivity contribution in [3.63, 3.8) is 0 Å². The second kappa shape index (κ2) is 23.7. The van der Waals surface area contributed by atoms with Gasteiger partial charge in [0, 0.05) is 29.4 Å². The van der Waals surface area contributed by atoms with E-state index in [1.54, 1.807) is 17.6 Å². The number of ether oxygens (including phenoxy) is 3. The van der Waals surface area contributed by atoms with Gasteiger partial charge >= 0.3 is 17.9 Å². The number of rotatable bonds is 28. The van der Waals surface area contributed by atoms with Gasteiger partial charge in [0.25, 0.3) is 5.56 Å². The van der Waals surface area contributed by atoms with E-state index in [-0.39, 0.29) is 31.0 Å². The van der Waals surface area contributed by atoms with E-state index < -0.39 is 17.5 Å². The molecular formula is C50H72N2O7. The quantitative estimate of drug-likeness (QED) is 0.0316. The van der Waals surface area contributed by atoms with Gasteiger partial charge in [-0.2, -0.15) is 0 Å². The summed E-state index contributed by atoms with van der Waals surface area (Å²) < 4.78 is 19.1. The van der Waals surface area contributed by atoms with Crippen LogP contribution in [0.25, 0.3) is 22.3 Å². The third-order valence-electron chi connectivity index (χ3n) is 12.6. The number of nitrogens with zero attached hydrogens (tertiary/aromatic N) is 2. The summed E-state index contributed by atoms with van der Waals surface area (Å²) in [7, 11) is 0. The molecule has 0 saturated carbocycles. The minimum absolute atomic E-state index is 0.144. The fourth-order valence-corrected chi connectivity index (χ4v) is 9.06. The Morgan fingerprint density at radius 1 is 0.695 bits per heavy atom. The summed E-state index contributed by atoms with van der Waals surface area (Å²) in [4.78, 5) is 58.9. The van der Waals surface area contributed by atoms with Gasteiger partial charge in [-0.3, -0.25) is 14.4 Å². The SMILES string of the molecule is CCCCCCCCCCCCCC(=O)Oc1ccc2nc3c(c(CC)c2c1)Cn1c-3cc2c(c1=O)COC(=O)[C@@]2(CC)OC(=O)CCCCCCCCCCCCC. The van der Waals surface area contributed by atoms with E-state index in [0.29, 0.717) is 54.1 Å². The number of cyclic esters (lactones) is 1. The first-order valence-electron chi connectivity index (χ1n) is 23.6. The number of benzene rings is 1. The summed E-state index contributed by atoms with van der Waals surface area (Å²) in [6.07, 6.45) is 27.8. The van der Waals surface area contributed by atoms with Crippen LogP contribution in [0.15, 0.2) is 29.1 Å². The van der Waals surface area contributed by atoms with Gasteiger partial charge in [0.2, 0.25) is 5.60 Å². The summed E-state index contributed by atoms with van der Waals surface area (Å²) in [5.41, 5.74) is 2.70. The monoisotopic (exact) mass is 813 g/mol. The molecule has 4 heterocycles. The van der Waals surface area contributed by atoms with Crippen molar-refractivity contribution in [3.8, 4) is 17.1 Å². The van der Waals surface area contributed by atoms with Crippen molar-refractivity contribution in [2.75, 3.05) is 0 Å². The van der Waals surface area contributed by atoms with Crippen LogP contribution in [-0.4, -0.2) is 27.5 Å². The van der Waals surface area contributed by atoms with Gasteiger partial charge in [-0.05, 0) is 55.5 Å². The van der Waals surface area contributed by atoms with Gasteiger partial charge in [0.1, 0.15) is 12.4 Å². The summed E-state index contributed by atoms with van der Waals surface area (Å²) in [6, 6.07) is 7.36. The molecule has 2 aliphatic heterocycles. The van der Waals surface area contributed by atoms with Crippen LogP contribution in [0.5, 0.6) is 5.75 Å². The lowest BCUT2D eigenvalue weighted by atomic mass is 9.85. The van der Waals surface area contributed by atoms with Crippen LogP contribution < -0.4 is 10.3 Å². The number of unbranched alkanes of at least 4 members (excludes halogenated alkanes) is 20. The number of esters is 3. The average Bonchev–Trinajstić information content (AvgIpc) is 3.60. The van der Waals surface area contributed by atoms with Crippen molar-refractivity contribution in [2.45, 2.75) is 213 Å². The third-order valence-corrected chi connectivity index (χ3v) is 12.6. The van der Waals surface area contributed by atoms with Crippen LogP contribution in [0.1, 0.15) is 210 Å². The third kappa shape index (κ3) is 12.1. The Kier molecular flexibility index (Phi) is 18.5. The molecule has 5 rings (SSSR count). The Morgan fingerprint density at radius 2 is 1.24 bits per heavy atom. The molecule has 59 heavy (non-hydrogen) atoms. The normalized spacial score (nSPS) is 15.5. The first-order chi connectivity index (χ1) is 28.8. The zero-order chi connectivity index (χ0) is 42.0. The standard InChI is InChI=1S/C50H72N2O7/c1-5-9-11-13-15-17-19-21-23-25-27-29-45(53)58-37-31-32-43-39(33-37)38(7-3)40-35-52-44(47(40)51-43)34-42-41(48(52)55)36-57-49(56)50(42,8-4)59-46(54)30-28-26-24-22-20-18-16-14-12-10-6-2/h31-34H,5-30,35-36H2,1-4H3/t50-/m0/s1. The molecular weight excluding hydrogens is 741 g/mol. The summed E-state index contributed by atoms with van der Waals surface area (Å²) >= 11 is 0. The van der Waals surface area contributed by atoms with E-state index in [1.807, 2.05) is 18.2 Å². The maximum Gasteiger partial charge on any atom is 0.355 e. The molecule has 9 heteroatoms. The molecule has 3 aromatic rings. The molecule has 0 spiro atoms. The van der Waals surface area contributed by atoms with E-state index >= 15 is 0 Å². The molecule has 0 fully saturated rings. The minimum atomic E-state index is -1.70. The van der Waals surface area contributed by atoms with Gasteiger partial charge in [-0.15, -0.1) is 0 Å². The van der Waals surface area contributed by atoms with Crippen LogP contribution >= 0.6 is 0 Å². The van der Waals surface area contributed by atoms with Crippen molar-refractivity contribution >= 4 is 28.8 Å². The predicted octanol–water partition coefficient (Wildman–Crippen LogP) is 12.5. The van der Waals surface area contributed by atoms with E-state index in [0.717, 1.165) is 60.6 Å². The van der Waals surface area contributed by atoms with E-state index in [1.165, 1.54) is 96.3 Å². The molecule has 324 valence electrons. The lowest BCUT2D eigenvalue weighted by molar-refractivity contribution is -0.189. The van der Waals surface area contributed by atoms with Crippen LogP contribution in [0.2, 0.25) is 0 Å². The maximum absolute atomic E-state index is 14.2. The largest absolute Gasteiger partial charge is 0.457 e. The number of aromatic nitrogens is 2. The lowest BCUT2D eigenvalue weighted by Gasteiger charge is -2.35. The van der Waals surface area contributed by atoms with Gasteiger partial charge in [0.05, 0.1) is 29.0 Å². The number of aryl methyl sites for hydroxylation is 1. The number of hydrogen-bond acceptors (Lipinski definition) is 8. The zero-order valence-corrected chi connectivity index (χ0v) is 36.9. The highest BCUT2D eigenvalue weighted by Gasteiger charge is 2.50. The summed E-state index contributed by atoms with van der Waals surface area (Å²) in [6.45, 7) is 8.49. The molecule has 0 bridgehead atoms. The smallest absolute Gasteiger partial charge is 0.355 e. The number of hydrogen-bond donors (Lipinski definition) is 0. The fraction of sp³-hybridized carbons (Fsp3) is 0.660. The van der Waals surface area contributed by atoms with Gasteiger partial charge < -0.3 is 18.8 Å². The number of carbonyl (C=O) groups is 3. The first kappa shape index (κ1) is 46.1. The Balaban J connectivity index is 1.21. The van der Waals surface area contributed by atoms with E-state index in [2.05, 4.69) is 20.8 Å². The lowest BCUT2D eigenvalue weighted by Crippen LogP contribution is -2.47. The molecule has 2 aromatic heterocycles. The van der Waals surface area contributed by atoms with Crippen molar-refractivity contribution in [2.24, 2.45) is 0 Å². The van der Waals surface area contributed by atoms with Gasteiger partial charge in [-0.1, -0.05) is 156 Å². The molecule has 0 saturated heterocycles. The van der Waals surface area contributed by atoms with Crippen molar-refractivity contribution in [1.29, 1.82) is 0 Å². The molecule has 0 amide bonds. The first-order valence-corrected chi connectivity index (χ1v) is 23.6. The van der Waals surface area contributed by atoms with E-state index in [4.69, 9.17) is 19.2 Å². The van der Waals surface area contributed by atoms with Gasteiger partial charge in [-0.25, -0.2) is 9.78 Å². The molecule has 0 radical (unpaired) electrons. The minimum Gasteiger partial charge on any atom is -0.457 e. The van der Waals surface area contributed by atoms with Crippen LogP contribution in [0.3, 0.4) is 0 Å². The topological polar surface area (TPSA) is 114 Å². The molecule has 0 unspecified atom stereocenters. The van der Waals surface area contributed by atoms with Crippen molar-refractivity contribution in [3.05, 3.63) is 56.9 Å². The molecule has 0 aliphatic carbocycles. The van der Waals surface area contributed by atoms with Gasteiger partial charge in [0.15, 0.2) is 0 Å². The highest BCUT2D eigenvalue weighted by molar-refractivity contribution is 5.91. The molecule has 9 nitrogen and oxygen atoms in total. The highest BCUT2D eigenvalue weighted by atomic mass is 16.6. The second-order valence-electron chi connectivity index (χ2n) is 17.0. The van der Waals surface area contributed by atoms with Crippen molar-refractivity contribution < 1.29 is 28.6 Å². The maximum atomic E-state index is 14.2.